The predicted octanol–water partition coefficient (Wildman–Crippen LogP) is 3.09. The summed E-state index contributed by atoms with van der Waals surface area (Å²) in [4.78, 5) is 16.8. The maximum atomic E-state index is 11.2. The van der Waals surface area contributed by atoms with E-state index in [0.29, 0.717) is 0 Å². The van der Waals surface area contributed by atoms with Crippen LogP contribution in [0.5, 0.6) is 0 Å². The summed E-state index contributed by atoms with van der Waals surface area (Å²) in [6.45, 7) is 3.38. The fraction of sp³-hybridized carbons (Fsp3) is 0.533. The molecule has 19 heavy (non-hydrogen) atoms. The van der Waals surface area contributed by atoms with Gasteiger partial charge in [-0.05, 0) is 42.9 Å². The van der Waals surface area contributed by atoms with Gasteiger partial charge in [0.25, 0.3) is 0 Å². The van der Waals surface area contributed by atoms with Gasteiger partial charge in [-0.15, -0.1) is 0 Å². The van der Waals surface area contributed by atoms with Crippen LogP contribution in [-0.2, 0) is 0 Å². The van der Waals surface area contributed by atoms with Crippen LogP contribution in [0.4, 0.5) is 5.69 Å². The van der Waals surface area contributed by atoms with Crippen LogP contribution in [-0.4, -0.2) is 16.5 Å². The molecule has 0 bridgehead atoms. The Kier molecular flexibility index (Phi) is 3.32. The smallest absolute Gasteiger partial charge is 0.323 e. The summed E-state index contributed by atoms with van der Waals surface area (Å²) < 4.78 is 0. The Bertz CT molecular complexity index is 605. The van der Waals surface area contributed by atoms with Gasteiger partial charge in [0.2, 0.25) is 0 Å². The highest BCUT2D eigenvalue weighted by Crippen LogP contribution is 2.28. The van der Waals surface area contributed by atoms with E-state index in [0.717, 1.165) is 35.1 Å². The molecule has 102 valence electrons. The number of hydrogen-bond donors (Lipinski definition) is 3. The van der Waals surface area contributed by atoms with Crippen LogP contribution in [0.2, 0.25) is 0 Å². The molecule has 1 aromatic carbocycles. The van der Waals surface area contributed by atoms with E-state index >= 15 is 0 Å². The molecule has 0 radical (unpaired) electrons. The number of aromatic nitrogens is 2. The van der Waals surface area contributed by atoms with Crippen molar-refractivity contribution >= 4 is 16.7 Å². The summed E-state index contributed by atoms with van der Waals surface area (Å²) in [5.74, 6) is 1.69. The molecule has 1 aromatic heterocycles. The number of nitrogens with one attached hydrogen (secondary N) is 3. The van der Waals surface area contributed by atoms with E-state index in [1.807, 2.05) is 18.2 Å². The molecule has 0 unspecified atom stereocenters. The third-order valence-corrected chi connectivity index (χ3v) is 4.25. The molecule has 0 atom stereocenters. The summed E-state index contributed by atoms with van der Waals surface area (Å²) in [5.41, 5.74) is 2.67. The highest BCUT2D eigenvalue weighted by atomic mass is 16.1. The number of fused-ring (bicyclic) bond motifs is 1. The lowest BCUT2D eigenvalue weighted by atomic mass is 9.83. The first-order valence-electron chi connectivity index (χ1n) is 7.16. The maximum absolute atomic E-state index is 11.2. The zero-order chi connectivity index (χ0) is 13.2. The molecule has 1 aliphatic carbocycles. The molecule has 1 fully saturated rings. The molecule has 4 heteroatoms. The van der Waals surface area contributed by atoms with E-state index in [9.17, 15) is 4.79 Å². The molecule has 3 rings (SSSR count). The van der Waals surface area contributed by atoms with Crippen molar-refractivity contribution in [2.45, 2.75) is 32.6 Å². The zero-order valence-corrected chi connectivity index (χ0v) is 11.3. The van der Waals surface area contributed by atoms with Gasteiger partial charge in [0.1, 0.15) is 0 Å². The van der Waals surface area contributed by atoms with E-state index in [4.69, 9.17) is 0 Å². The molecule has 2 aromatic rings. The van der Waals surface area contributed by atoms with Gasteiger partial charge in [0.05, 0.1) is 11.0 Å². The average Bonchev–Trinajstić information content (AvgIpc) is 2.77. The number of imidazole rings is 1. The van der Waals surface area contributed by atoms with Crippen molar-refractivity contribution in [3.05, 3.63) is 28.7 Å². The summed E-state index contributed by atoms with van der Waals surface area (Å²) in [6, 6.07) is 5.97. The van der Waals surface area contributed by atoms with Crippen molar-refractivity contribution in [1.82, 2.24) is 9.97 Å². The van der Waals surface area contributed by atoms with Gasteiger partial charge in [-0.2, -0.15) is 0 Å². The molecule has 0 aliphatic heterocycles. The van der Waals surface area contributed by atoms with Crippen molar-refractivity contribution in [1.29, 1.82) is 0 Å². The fourth-order valence-electron chi connectivity index (χ4n) is 2.94. The van der Waals surface area contributed by atoms with Crippen LogP contribution in [0.3, 0.4) is 0 Å². The third-order valence-electron chi connectivity index (χ3n) is 4.25. The number of rotatable bonds is 3. The Morgan fingerprint density at radius 1 is 1.16 bits per heavy atom. The molecular formula is C15H21N3O. The summed E-state index contributed by atoms with van der Waals surface area (Å²) in [5, 5.41) is 3.49. The summed E-state index contributed by atoms with van der Waals surface area (Å²) in [7, 11) is 0. The first kappa shape index (κ1) is 12.3. The second-order valence-electron chi connectivity index (χ2n) is 5.85. The molecular weight excluding hydrogens is 238 g/mol. The normalized spacial score (nSPS) is 23.6. The van der Waals surface area contributed by atoms with E-state index in [2.05, 4.69) is 22.2 Å². The lowest BCUT2D eigenvalue weighted by Crippen LogP contribution is -2.20. The number of benzene rings is 1. The standard InChI is InChI=1S/C15H21N3O/c1-10-2-4-11(5-3-10)9-16-12-6-7-13-14(8-12)18-15(19)17-13/h6-8,10-11,16H,2-5,9H2,1H3,(H2,17,18,19). The van der Waals surface area contributed by atoms with Crippen molar-refractivity contribution in [2.24, 2.45) is 11.8 Å². The van der Waals surface area contributed by atoms with Gasteiger partial charge < -0.3 is 15.3 Å². The van der Waals surface area contributed by atoms with Crippen LogP contribution in [0.25, 0.3) is 11.0 Å². The lowest BCUT2D eigenvalue weighted by molar-refractivity contribution is 0.300. The van der Waals surface area contributed by atoms with Crippen LogP contribution >= 0.6 is 0 Å². The van der Waals surface area contributed by atoms with Crippen LogP contribution in [0, 0.1) is 11.8 Å². The summed E-state index contributed by atoms with van der Waals surface area (Å²) in [6.07, 6.45) is 5.38. The molecule has 0 spiro atoms. The number of hydrogen-bond acceptors (Lipinski definition) is 2. The Labute approximate surface area is 112 Å². The summed E-state index contributed by atoms with van der Waals surface area (Å²) >= 11 is 0. The number of aromatic amines is 2. The van der Waals surface area contributed by atoms with E-state index < -0.39 is 0 Å². The average molecular weight is 259 g/mol. The quantitative estimate of drug-likeness (QED) is 0.793. The van der Waals surface area contributed by atoms with E-state index in [1.165, 1.54) is 25.7 Å². The van der Waals surface area contributed by atoms with E-state index in [-0.39, 0.29) is 5.69 Å². The number of anilines is 1. The highest BCUT2D eigenvalue weighted by Gasteiger charge is 2.17. The number of H-pyrrole nitrogens is 2. The second kappa shape index (κ2) is 5.11. The van der Waals surface area contributed by atoms with Gasteiger partial charge in [-0.25, -0.2) is 4.79 Å². The van der Waals surface area contributed by atoms with Crippen molar-refractivity contribution in [3.63, 3.8) is 0 Å². The Morgan fingerprint density at radius 2 is 1.89 bits per heavy atom. The Balaban J connectivity index is 1.63. The monoisotopic (exact) mass is 259 g/mol. The van der Waals surface area contributed by atoms with Crippen molar-refractivity contribution in [2.75, 3.05) is 11.9 Å². The minimum absolute atomic E-state index is 0.145. The van der Waals surface area contributed by atoms with Gasteiger partial charge in [0.15, 0.2) is 0 Å². The van der Waals surface area contributed by atoms with Crippen LogP contribution in [0.15, 0.2) is 23.0 Å². The van der Waals surface area contributed by atoms with Crippen LogP contribution in [0.1, 0.15) is 32.6 Å². The Hall–Kier alpha value is -1.71. The molecule has 1 saturated carbocycles. The molecule has 4 nitrogen and oxygen atoms in total. The minimum atomic E-state index is -0.145. The molecule has 0 saturated heterocycles. The second-order valence-corrected chi connectivity index (χ2v) is 5.85. The minimum Gasteiger partial charge on any atom is -0.385 e. The zero-order valence-electron chi connectivity index (χ0n) is 11.3. The van der Waals surface area contributed by atoms with Gasteiger partial charge in [-0.1, -0.05) is 19.8 Å². The first-order chi connectivity index (χ1) is 9.20. The van der Waals surface area contributed by atoms with Gasteiger partial charge >= 0.3 is 5.69 Å². The van der Waals surface area contributed by atoms with Gasteiger partial charge in [0, 0.05) is 12.2 Å². The SMILES string of the molecule is CC1CCC(CNc2ccc3[nH]c(=O)[nH]c3c2)CC1. The largest absolute Gasteiger partial charge is 0.385 e. The predicted molar refractivity (Wildman–Crippen MR) is 78.5 cm³/mol. The topological polar surface area (TPSA) is 60.7 Å². The molecule has 3 N–H and O–H groups in total. The highest BCUT2D eigenvalue weighted by molar-refractivity contribution is 5.78. The van der Waals surface area contributed by atoms with E-state index in [1.54, 1.807) is 0 Å². The fourth-order valence-corrected chi connectivity index (χ4v) is 2.94. The first-order valence-corrected chi connectivity index (χ1v) is 7.16. The Morgan fingerprint density at radius 3 is 2.68 bits per heavy atom. The van der Waals surface area contributed by atoms with Crippen molar-refractivity contribution in [3.8, 4) is 0 Å². The van der Waals surface area contributed by atoms with Crippen LogP contribution < -0.4 is 11.0 Å². The van der Waals surface area contributed by atoms with Gasteiger partial charge in [-0.3, -0.25) is 0 Å². The third kappa shape index (κ3) is 2.83. The molecule has 1 aliphatic rings. The maximum Gasteiger partial charge on any atom is 0.323 e. The molecule has 1 heterocycles. The lowest BCUT2D eigenvalue weighted by Gasteiger charge is -2.26. The van der Waals surface area contributed by atoms with Crippen molar-refractivity contribution < 1.29 is 0 Å². The molecule has 0 amide bonds.